The van der Waals surface area contributed by atoms with Crippen molar-refractivity contribution in [2.24, 2.45) is 0 Å². The summed E-state index contributed by atoms with van der Waals surface area (Å²) in [6.45, 7) is 1.56. The van der Waals surface area contributed by atoms with Gasteiger partial charge in [0.2, 0.25) is 0 Å². The number of nitriles is 1. The number of hydrogen-bond acceptors (Lipinski definition) is 5. The van der Waals surface area contributed by atoms with E-state index in [2.05, 4.69) is 15.3 Å². The van der Waals surface area contributed by atoms with Crippen molar-refractivity contribution < 1.29 is 4.39 Å². The summed E-state index contributed by atoms with van der Waals surface area (Å²) in [5.41, 5.74) is 0.932. The number of nitrogens with zero attached hydrogens (tertiary/aromatic N) is 4. The first-order chi connectivity index (χ1) is 10.8. The first kappa shape index (κ1) is 14.3. The molecule has 6 heteroatoms. The van der Waals surface area contributed by atoms with Gasteiger partial charge in [0.1, 0.15) is 17.7 Å². The molecule has 5 nitrogen and oxygen atoms in total. The van der Waals surface area contributed by atoms with Gasteiger partial charge in [0.05, 0.1) is 18.1 Å². The number of anilines is 2. The second-order valence-electron chi connectivity index (χ2n) is 5.28. The minimum Gasteiger partial charge on any atom is -0.367 e. The summed E-state index contributed by atoms with van der Waals surface area (Å²) in [5.74, 6) is 0.445. The molecule has 1 aromatic heterocycles. The maximum Gasteiger partial charge on any atom is 0.158 e. The third-order valence-corrected chi connectivity index (χ3v) is 3.73. The third-order valence-electron chi connectivity index (χ3n) is 3.73. The molecule has 0 spiro atoms. The Morgan fingerprint density at radius 1 is 1.27 bits per heavy atom. The molecule has 0 aliphatic carbocycles. The first-order valence-electron chi connectivity index (χ1n) is 7.24. The third kappa shape index (κ3) is 3.14. The van der Waals surface area contributed by atoms with Gasteiger partial charge >= 0.3 is 0 Å². The molecule has 1 aliphatic heterocycles. The van der Waals surface area contributed by atoms with Crippen LogP contribution in [0.25, 0.3) is 0 Å². The van der Waals surface area contributed by atoms with Crippen molar-refractivity contribution in [3.05, 3.63) is 48.2 Å². The van der Waals surface area contributed by atoms with Crippen LogP contribution in [0.15, 0.2) is 36.7 Å². The van der Waals surface area contributed by atoms with Crippen molar-refractivity contribution in [2.75, 3.05) is 23.3 Å². The lowest BCUT2D eigenvalue weighted by Crippen LogP contribution is -2.42. The van der Waals surface area contributed by atoms with Gasteiger partial charge in [-0.1, -0.05) is 12.1 Å². The van der Waals surface area contributed by atoms with Gasteiger partial charge < -0.3 is 10.2 Å². The van der Waals surface area contributed by atoms with E-state index in [0.29, 0.717) is 23.7 Å². The van der Waals surface area contributed by atoms with Crippen LogP contribution in [-0.2, 0) is 0 Å². The van der Waals surface area contributed by atoms with Crippen LogP contribution < -0.4 is 10.2 Å². The molecular formula is C16H16FN5. The number of para-hydroxylation sites is 1. The van der Waals surface area contributed by atoms with Crippen molar-refractivity contribution in [1.29, 1.82) is 5.26 Å². The van der Waals surface area contributed by atoms with Crippen molar-refractivity contribution in [3.63, 3.8) is 0 Å². The molecule has 1 unspecified atom stereocenters. The molecule has 0 amide bonds. The lowest BCUT2D eigenvalue weighted by Gasteiger charge is -2.35. The summed E-state index contributed by atoms with van der Waals surface area (Å²) in [6.07, 6.45) is 4.97. The topological polar surface area (TPSA) is 64.8 Å². The van der Waals surface area contributed by atoms with Gasteiger partial charge in [-0.2, -0.15) is 5.26 Å². The van der Waals surface area contributed by atoms with E-state index in [1.165, 1.54) is 12.3 Å². The van der Waals surface area contributed by atoms with Crippen LogP contribution in [0.2, 0.25) is 0 Å². The van der Waals surface area contributed by atoms with E-state index in [9.17, 15) is 4.39 Å². The second kappa shape index (κ2) is 6.39. The Bertz CT molecular complexity index is 680. The van der Waals surface area contributed by atoms with Crippen molar-refractivity contribution in [3.8, 4) is 6.07 Å². The van der Waals surface area contributed by atoms with E-state index < -0.39 is 0 Å². The Kier molecular flexibility index (Phi) is 4.15. The zero-order valence-electron chi connectivity index (χ0n) is 12.0. The van der Waals surface area contributed by atoms with Gasteiger partial charge in [0.25, 0.3) is 0 Å². The molecule has 1 aliphatic rings. The fraction of sp³-hybridized carbons (Fsp3) is 0.312. The van der Waals surface area contributed by atoms with Crippen LogP contribution >= 0.6 is 0 Å². The Morgan fingerprint density at radius 3 is 2.86 bits per heavy atom. The summed E-state index contributed by atoms with van der Waals surface area (Å²) in [5, 5.41) is 12.0. The summed E-state index contributed by atoms with van der Waals surface area (Å²) in [6, 6.07) is 8.96. The first-order valence-corrected chi connectivity index (χ1v) is 7.24. The van der Waals surface area contributed by atoms with Gasteiger partial charge in [0, 0.05) is 19.1 Å². The molecule has 2 aromatic rings. The number of halogens is 1. The second-order valence-corrected chi connectivity index (χ2v) is 5.28. The highest BCUT2D eigenvalue weighted by molar-refractivity contribution is 5.49. The number of nitrogens with one attached hydrogen (secondary N) is 1. The van der Waals surface area contributed by atoms with E-state index in [-0.39, 0.29) is 11.9 Å². The molecule has 22 heavy (non-hydrogen) atoms. The van der Waals surface area contributed by atoms with E-state index in [1.54, 1.807) is 18.3 Å². The molecule has 1 fully saturated rings. The number of benzene rings is 1. The Balaban J connectivity index is 1.68. The summed E-state index contributed by atoms with van der Waals surface area (Å²) in [7, 11) is 0. The Hall–Kier alpha value is -2.68. The van der Waals surface area contributed by atoms with Crippen LogP contribution in [0.1, 0.15) is 18.5 Å². The van der Waals surface area contributed by atoms with E-state index in [0.717, 1.165) is 19.4 Å². The Labute approximate surface area is 128 Å². The molecule has 0 radical (unpaired) electrons. The van der Waals surface area contributed by atoms with Gasteiger partial charge in [-0.15, -0.1) is 0 Å². The molecule has 112 valence electrons. The van der Waals surface area contributed by atoms with Crippen LogP contribution in [0, 0.1) is 17.1 Å². The lowest BCUT2D eigenvalue weighted by atomic mass is 10.0. The molecule has 2 heterocycles. The summed E-state index contributed by atoms with van der Waals surface area (Å²) in [4.78, 5) is 10.2. The minimum absolute atomic E-state index is 0.176. The van der Waals surface area contributed by atoms with Crippen LogP contribution in [0.4, 0.5) is 15.9 Å². The average Bonchev–Trinajstić information content (AvgIpc) is 2.56. The monoisotopic (exact) mass is 297 g/mol. The van der Waals surface area contributed by atoms with Crippen LogP contribution in [0.3, 0.4) is 0 Å². The highest BCUT2D eigenvalue weighted by Gasteiger charge is 2.22. The van der Waals surface area contributed by atoms with E-state index in [4.69, 9.17) is 5.26 Å². The van der Waals surface area contributed by atoms with Crippen molar-refractivity contribution in [2.45, 2.75) is 18.9 Å². The zero-order chi connectivity index (χ0) is 15.4. The SMILES string of the molecule is N#Cc1cnc(NC2CCCN(c3ccccc3F)C2)cn1. The lowest BCUT2D eigenvalue weighted by molar-refractivity contribution is 0.518. The standard InChI is InChI=1S/C16H16FN5/c17-14-5-1-2-6-15(14)22-7-3-4-12(11-22)21-16-10-19-13(8-18)9-20-16/h1-2,5-6,9-10,12H,3-4,7,11H2,(H,20,21). The molecule has 1 saturated heterocycles. The van der Waals surface area contributed by atoms with Crippen LogP contribution in [-0.4, -0.2) is 29.1 Å². The normalized spacial score (nSPS) is 17.8. The molecule has 0 saturated carbocycles. The minimum atomic E-state index is -0.193. The fourth-order valence-electron chi connectivity index (χ4n) is 2.69. The van der Waals surface area contributed by atoms with Crippen molar-refractivity contribution >= 4 is 11.5 Å². The summed E-state index contributed by atoms with van der Waals surface area (Å²) >= 11 is 0. The maximum absolute atomic E-state index is 13.9. The predicted octanol–water partition coefficient (Wildman–Crippen LogP) is 2.57. The van der Waals surface area contributed by atoms with Crippen molar-refractivity contribution in [1.82, 2.24) is 9.97 Å². The number of hydrogen-bond donors (Lipinski definition) is 1. The van der Waals surface area contributed by atoms with Gasteiger partial charge in [-0.3, -0.25) is 0 Å². The number of rotatable bonds is 3. The molecule has 1 aromatic carbocycles. The average molecular weight is 297 g/mol. The quantitative estimate of drug-likeness (QED) is 0.943. The van der Waals surface area contributed by atoms with Gasteiger partial charge in [-0.25, -0.2) is 14.4 Å². The highest BCUT2D eigenvalue weighted by atomic mass is 19.1. The molecule has 1 atom stereocenters. The van der Waals surface area contributed by atoms with Gasteiger partial charge in [0.15, 0.2) is 5.69 Å². The van der Waals surface area contributed by atoms with E-state index >= 15 is 0 Å². The molecule has 0 bridgehead atoms. The number of aromatic nitrogens is 2. The molecule has 1 N–H and O–H groups in total. The highest BCUT2D eigenvalue weighted by Crippen LogP contribution is 2.23. The Morgan fingerprint density at radius 2 is 2.14 bits per heavy atom. The largest absolute Gasteiger partial charge is 0.367 e. The molecule has 3 rings (SSSR count). The summed E-state index contributed by atoms with van der Waals surface area (Å²) < 4.78 is 13.9. The maximum atomic E-state index is 13.9. The van der Waals surface area contributed by atoms with E-state index in [1.807, 2.05) is 17.0 Å². The predicted molar refractivity (Wildman–Crippen MR) is 82.0 cm³/mol. The number of piperidine rings is 1. The zero-order valence-corrected chi connectivity index (χ0v) is 12.0. The fourth-order valence-corrected chi connectivity index (χ4v) is 2.69. The van der Waals surface area contributed by atoms with Gasteiger partial charge in [-0.05, 0) is 25.0 Å². The smallest absolute Gasteiger partial charge is 0.158 e. The van der Waals surface area contributed by atoms with Crippen LogP contribution in [0.5, 0.6) is 0 Å². The molecular weight excluding hydrogens is 281 g/mol.